The van der Waals surface area contributed by atoms with E-state index in [1.807, 2.05) is 13.0 Å². The highest BCUT2D eigenvalue weighted by atomic mass is 19.4. The number of imidazole rings is 1. The molecule has 1 saturated carbocycles. The number of benzene rings is 2. The van der Waals surface area contributed by atoms with Crippen LogP contribution in [0.1, 0.15) is 68.7 Å². The van der Waals surface area contributed by atoms with Crippen molar-refractivity contribution in [2.45, 2.75) is 71.5 Å². The Morgan fingerprint density at radius 2 is 1.94 bits per heavy atom. The van der Waals surface area contributed by atoms with E-state index in [9.17, 15) is 18.0 Å². The van der Waals surface area contributed by atoms with Gasteiger partial charge in [-0.3, -0.25) is 4.79 Å². The molecule has 0 spiro atoms. The van der Waals surface area contributed by atoms with Crippen molar-refractivity contribution >= 4 is 28.6 Å². The van der Waals surface area contributed by atoms with Crippen LogP contribution in [0.15, 0.2) is 36.4 Å². The van der Waals surface area contributed by atoms with E-state index in [4.69, 9.17) is 10.1 Å². The molecule has 0 aliphatic heterocycles. The van der Waals surface area contributed by atoms with Gasteiger partial charge in [0, 0.05) is 18.2 Å². The first-order chi connectivity index (χ1) is 15.9. The second-order valence-corrected chi connectivity index (χ2v) is 10.1. The van der Waals surface area contributed by atoms with Gasteiger partial charge in [-0.25, -0.2) is 4.98 Å². The van der Waals surface area contributed by atoms with Crippen molar-refractivity contribution in [2.24, 2.45) is 5.41 Å². The second kappa shape index (κ2) is 8.96. The SMILES string of the molecule is Cc1cc2c(cc1CCC(=O)O)nc(Nc1ccc(C(F)(F)F)cc1)n2[C@H]1CCCC(C)(C)C1. The fraction of sp³-hybridized carbons (Fsp3) is 0.462. The van der Waals surface area contributed by atoms with Gasteiger partial charge in [0.25, 0.3) is 0 Å². The lowest BCUT2D eigenvalue weighted by Crippen LogP contribution is -2.25. The third-order valence-electron chi connectivity index (χ3n) is 6.77. The van der Waals surface area contributed by atoms with Gasteiger partial charge in [0.2, 0.25) is 5.95 Å². The number of alkyl halides is 3. The quantitative estimate of drug-likeness (QED) is 0.395. The van der Waals surface area contributed by atoms with E-state index in [0.29, 0.717) is 18.1 Å². The minimum Gasteiger partial charge on any atom is -0.481 e. The van der Waals surface area contributed by atoms with Gasteiger partial charge in [0.15, 0.2) is 0 Å². The number of carbonyl (C=O) groups is 1. The van der Waals surface area contributed by atoms with E-state index in [1.54, 1.807) is 0 Å². The summed E-state index contributed by atoms with van der Waals surface area (Å²) in [5, 5.41) is 12.3. The maximum Gasteiger partial charge on any atom is 0.416 e. The highest BCUT2D eigenvalue weighted by molar-refractivity contribution is 5.82. The number of carboxylic acid groups (broad SMARTS) is 1. The molecule has 1 aliphatic carbocycles. The Morgan fingerprint density at radius 3 is 2.56 bits per heavy atom. The zero-order chi connectivity index (χ0) is 24.7. The number of hydrogen-bond donors (Lipinski definition) is 2. The average molecular weight is 474 g/mol. The summed E-state index contributed by atoms with van der Waals surface area (Å²) in [5.74, 6) is -0.258. The zero-order valence-electron chi connectivity index (χ0n) is 19.7. The smallest absolute Gasteiger partial charge is 0.416 e. The molecule has 1 aromatic heterocycles. The van der Waals surface area contributed by atoms with Gasteiger partial charge in [0.1, 0.15) is 0 Å². The summed E-state index contributed by atoms with van der Waals surface area (Å²) >= 11 is 0. The number of rotatable bonds is 6. The fourth-order valence-corrected chi connectivity index (χ4v) is 5.01. The summed E-state index contributed by atoms with van der Waals surface area (Å²) in [6.45, 7) is 6.49. The van der Waals surface area contributed by atoms with Crippen LogP contribution >= 0.6 is 0 Å². The molecule has 8 heteroatoms. The summed E-state index contributed by atoms with van der Waals surface area (Å²) in [5.41, 5.74) is 3.66. The van der Waals surface area contributed by atoms with Gasteiger partial charge in [-0.05, 0) is 85.5 Å². The van der Waals surface area contributed by atoms with Crippen LogP contribution in [0.4, 0.5) is 24.8 Å². The van der Waals surface area contributed by atoms with E-state index in [0.717, 1.165) is 60.0 Å². The van der Waals surface area contributed by atoms with Crippen molar-refractivity contribution < 1.29 is 23.1 Å². The van der Waals surface area contributed by atoms with Crippen molar-refractivity contribution in [1.29, 1.82) is 0 Å². The molecule has 1 atom stereocenters. The third kappa shape index (κ3) is 5.21. The molecule has 0 radical (unpaired) electrons. The van der Waals surface area contributed by atoms with E-state index in [1.165, 1.54) is 12.1 Å². The van der Waals surface area contributed by atoms with Crippen LogP contribution < -0.4 is 5.32 Å². The molecule has 0 saturated heterocycles. The molecule has 1 aliphatic rings. The number of aliphatic carboxylic acids is 1. The first-order valence-corrected chi connectivity index (χ1v) is 11.6. The second-order valence-electron chi connectivity index (χ2n) is 10.1. The minimum absolute atomic E-state index is 0.0422. The van der Waals surface area contributed by atoms with Gasteiger partial charge >= 0.3 is 12.1 Å². The third-order valence-corrected chi connectivity index (χ3v) is 6.77. The van der Waals surface area contributed by atoms with Crippen molar-refractivity contribution in [3.05, 3.63) is 53.1 Å². The molecule has 2 N–H and O–H groups in total. The van der Waals surface area contributed by atoms with Crippen LogP contribution in [0, 0.1) is 12.3 Å². The number of fused-ring (bicyclic) bond motifs is 1. The number of nitrogens with one attached hydrogen (secondary N) is 1. The zero-order valence-corrected chi connectivity index (χ0v) is 19.7. The highest BCUT2D eigenvalue weighted by Crippen LogP contribution is 2.44. The van der Waals surface area contributed by atoms with Gasteiger partial charge < -0.3 is 15.0 Å². The molecule has 1 heterocycles. The number of hydrogen-bond acceptors (Lipinski definition) is 3. The summed E-state index contributed by atoms with van der Waals surface area (Å²) in [4.78, 5) is 15.9. The van der Waals surface area contributed by atoms with Crippen molar-refractivity contribution in [2.75, 3.05) is 5.32 Å². The lowest BCUT2D eigenvalue weighted by Gasteiger charge is -2.36. The molecular weight excluding hydrogens is 443 g/mol. The van der Waals surface area contributed by atoms with Gasteiger partial charge in [-0.1, -0.05) is 20.3 Å². The monoisotopic (exact) mass is 473 g/mol. The summed E-state index contributed by atoms with van der Waals surface area (Å²) in [7, 11) is 0. The predicted octanol–water partition coefficient (Wildman–Crippen LogP) is 7.27. The Morgan fingerprint density at radius 1 is 1.24 bits per heavy atom. The Bertz CT molecular complexity index is 1200. The molecule has 182 valence electrons. The largest absolute Gasteiger partial charge is 0.481 e. The normalized spacial score (nSPS) is 18.2. The Hall–Kier alpha value is -3.03. The Labute approximate surface area is 197 Å². The number of aryl methyl sites for hydroxylation is 2. The summed E-state index contributed by atoms with van der Waals surface area (Å²) in [6, 6.07) is 9.16. The number of anilines is 2. The van der Waals surface area contributed by atoms with E-state index >= 15 is 0 Å². The van der Waals surface area contributed by atoms with Crippen LogP contribution in [0.25, 0.3) is 11.0 Å². The van der Waals surface area contributed by atoms with Crippen LogP contribution in [-0.2, 0) is 17.4 Å². The average Bonchev–Trinajstić information content (AvgIpc) is 3.07. The Balaban J connectivity index is 1.76. The summed E-state index contributed by atoms with van der Waals surface area (Å²) in [6.07, 6.45) is 0.283. The van der Waals surface area contributed by atoms with Crippen LogP contribution in [0.3, 0.4) is 0 Å². The number of halogens is 3. The molecule has 5 nitrogen and oxygen atoms in total. The van der Waals surface area contributed by atoms with E-state index in [2.05, 4.69) is 29.8 Å². The van der Waals surface area contributed by atoms with Crippen LogP contribution in [0.5, 0.6) is 0 Å². The molecule has 0 unspecified atom stereocenters. The molecule has 4 rings (SSSR count). The van der Waals surface area contributed by atoms with Gasteiger partial charge in [0.05, 0.1) is 16.6 Å². The molecule has 0 amide bonds. The number of carboxylic acids is 1. The van der Waals surface area contributed by atoms with Gasteiger partial charge in [-0.2, -0.15) is 13.2 Å². The van der Waals surface area contributed by atoms with Crippen molar-refractivity contribution in [3.8, 4) is 0 Å². The maximum absolute atomic E-state index is 13.0. The van der Waals surface area contributed by atoms with Crippen molar-refractivity contribution in [1.82, 2.24) is 9.55 Å². The van der Waals surface area contributed by atoms with Gasteiger partial charge in [-0.15, -0.1) is 0 Å². The minimum atomic E-state index is -4.39. The number of aromatic nitrogens is 2. The molecule has 1 fully saturated rings. The topological polar surface area (TPSA) is 67.2 Å². The molecule has 3 aromatic rings. The standard InChI is InChI=1S/C26H30F3N3O2/c1-16-13-22-21(14-17(16)6-11-23(33)34)31-24(32(22)20-5-4-12-25(2,3)15-20)30-19-9-7-18(8-10-19)26(27,28)29/h7-10,13-14,20H,4-6,11-12,15H2,1-3H3,(H,30,31)(H,33,34)/t20-/m0/s1. The van der Waals surface area contributed by atoms with Crippen LogP contribution in [-0.4, -0.2) is 20.6 Å². The maximum atomic E-state index is 13.0. The van der Waals surface area contributed by atoms with Crippen molar-refractivity contribution in [3.63, 3.8) is 0 Å². The predicted molar refractivity (Wildman–Crippen MR) is 126 cm³/mol. The lowest BCUT2D eigenvalue weighted by atomic mass is 9.75. The van der Waals surface area contributed by atoms with E-state index < -0.39 is 17.7 Å². The summed E-state index contributed by atoms with van der Waals surface area (Å²) < 4.78 is 41.1. The molecule has 34 heavy (non-hydrogen) atoms. The molecule has 0 bridgehead atoms. The number of nitrogens with zero attached hydrogens (tertiary/aromatic N) is 2. The molecule has 2 aromatic carbocycles. The first kappa shape index (κ1) is 24.1. The Kier molecular flexibility index (Phi) is 6.36. The highest BCUT2D eigenvalue weighted by Gasteiger charge is 2.32. The molecular formula is C26H30F3N3O2. The van der Waals surface area contributed by atoms with E-state index in [-0.39, 0.29) is 17.9 Å². The van der Waals surface area contributed by atoms with Crippen LogP contribution in [0.2, 0.25) is 0 Å². The fourth-order valence-electron chi connectivity index (χ4n) is 5.01. The lowest BCUT2D eigenvalue weighted by molar-refractivity contribution is -0.138. The first-order valence-electron chi connectivity index (χ1n) is 11.6.